The standard InChI is InChI=1S/C12H12N2O5/c15-6-8(16)11-10(17)9(12(18)19-11)14-13-7-4-2-1-3-5-7/h1-5,8,11,15-17H,6H2/t8-,11?/m1/s1. The van der Waals surface area contributed by atoms with Crippen molar-refractivity contribution in [2.75, 3.05) is 6.61 Å². The van der Waals surface area contributed by atoms with Crippen LogP contribution in [0.25, 0.3) is 0 Å². The molecule has 1 aliphatic rings. The van der Waals surface area contributed by atoms with Gasteiger partial charge in [0.2, 0.25) is 5.70 Å². The average molecular weight is 264 g/mol. The number of aliphatic hydroxyl groups is 3. The first-order valence-electron chi connectivity index (χ1n) is 5.53. The molecule has 1 aromatic rings. The molecule has 0 saturated heterocycles. The number of azo groups is 1. The smallest absolute Gasteiger partial charge is 0.363 e. The minimum atomic E-state index is -1.40. The summed E-state index contributed by atoms with van der Waals surface area (Å²) in [7, 11) is 0. The maximum atomic E-state index is 11.5. The number of carbonyl (C=O) groups is 1. The van der Waals surface area contributed by atoms with Crippen LogP contribution in [0.2, 0.25) is 0 Å². The fourth-order valence-corrected chi connectivity index (χ4v) is 1.52. The van der Waals surface area contributed by atoms with E-state index in [1.807, 2.05) is 0 Å². The number of benzene rings is 1. The number of hydrogen-bond acceptors (Lipinski definition) is 7. The van der Waals surface area contributed by atoms with Gasteiger partial charge in [0.05, 0.1) is 12.3 Å². The van der Waals surface area contributed by atoms with E-state index in [0.717, 1.165) is 0 Å². The number of esters is 1. The molecule has 1 aromatic carbocycles. The number of aliphatic hydroxyl groups excluding tert-OH is 3. The molecular formula is C12H12N2O5. The molecule has 3 N–H and O–H groups in total. The molecule has 0 aliphatic carbocycles. The van der Waals surface area contributed by atoms with Gasteiger partial charge in [-0.25, -0.2) is 4.79 Å². The fraction of sp³-hybridized carbons (Fsp3) is 0.250. The lowest BCUT2D eigenvalue weighted by molar-refractivity contribution is -0.145. The SMILES string of the molecule is O=C1OC([C@H](O)CO)C(O)=C1N=Nc1ccccc1. The number of nitrogens with zero attached hydrogens (tertiary/aromatic N) is 2. The van der Waals surface area contributed by atoms with Gasteiger partial charge in [0.15, 0.2) is 11.9 Å². The summed E-state index contributed by atoms with van der Waals surface area (Å²) in [5.41, 5.74) is 0.128. The van der Waals surface area contributed by atoms with Gasteiger partial charge in [0.25, 0.3) is 0 Å². The van der Waals surface area contributed by atoms with E-state index in [1.54, 1.807) is 30.3 Å². The zero-order chi connectivity index (χ0) is 13.8. The molecule has 0 radical (unpaired) electrons. The Labute approximate surface area is 108 Å². The first kappa shape index (κ1) is 13.2. The normalized spacial score (nSPS) is 20.9. The van der Waals surface area contributed by atoms with E-state index < -0.39 is 30.5 Å². The number of carbonyl (C=O) groups excluding carboxylic acids is 1. The van der Waals surface area contributed by atoms with Gasteiger partial charge in [-0.1, -0.05) is 18.2 Å². The molecule has 100 valence electrons. The van der Waals surface area contributed by atoms with Crippen LogP contribution < -0.4 is 0 Å². The second kappa shape index (κ2) is 5.59. The van der Waals surface area contributed by atoms with E-state index in [-0.39, 0.29) is 5.70 Å². The quantitative estimate of drug-likeness (QED) is 0.550. The Kier molecular flexibility index (Phi) is 3.88. The first-order valence-corrected chi connectivity index (χ1v) is 5.53. The van der Waals surface area contributed by atoms with Crippen molar-refractivity contribution < 1.29 is 24.9 Å². The Balaban J connectivity index is 2.21. The van der Waals surface area contributed by atoms with Crippen LogP contribution in [0.5, 0.6) is 0 Å². The van der Waals surface area contributed by atoms with Gasteiger partial charge in [-0.05, 0) is 12.1 Å². The van der Waals surface area contributed by atoms with E-state index in [4.69, 9.17) is 9.84 Å². The van der Waals surface area contributed by atoms with Crippen LogP contribution >= 0.6 is 0 Å². The zero-order valence-electron chi connectivity index (χ0n) is 9.80. The molecule has 0 aromatic heterocycles. The van der Waals surface area contributed by atoms with E-state index in [0.29, 0.717) is 5.69 Å². The molecule has 0 amide bonds. The molecule has 1 unspecified atom stereocenters. The Bertz CT molecular complexity index is 526. The highest BCUT2D eigenvalue weighted by Gasteiger charge is 2.39. The molecule has 0 spiro atoms. The number of ether oxygens (including phenoxy) is 1. The first-order chi connectivity index (χ1) is 9.13. The number of cyclic esters (lactones) is 1. The number of hydrogen-bond donors (Lipinski definition) is 3. The van der Waals surface area contributed by atoms with Gasteiger partial charge in [0.1, 0.15) is 6.10 Å². The van der Waals surface area contributed by atoms with E-state index in [2.05, 4.69) is 10.2 Å². The van der Waals surface area contributed by atoms with Crippen molar-refractivity contribution >= 4 is 11.7 Å². The van der Waals surface area contributed by atoms with Crippen LogP contribution in [0, 0.1) is 0 Å². The monoisotopic (exact) mass is 264 g/mol. The summed E-state index contributed by atoms with van der Waals surface area (Å²) < 4.78 is 4.70. The molecule has 2 atom stereocenters. The Morgan fingerprint density at radius 1 is 1.26 bits per heavy atom. The van der Waals surface area contributed by atoms with Crippen LogP contribution in [-0.2, 0) is 9.53 Å². The highest BCUT2D eigenvalue weighted by Crippen LogP contribution is 2.25. The molecule has 0 saturated carbocycles. The summed E-state index contributed by atoms with van der Waals surface area (Å²) in [6.45, 7) is -0.648. The average Bonchev–Trinajstić information content (AvgIpc) is 2.72. The van der Waals surface area contributed by atoms with Gasteiger partial charge in [0, 0.05) is 0 Å². The Morgan fingerprint density at radius 3 is 2.58 bits per heavy atom. The van der Waals surface area contributed by atoms with Crippen molar-refractivity contribution in [1.29, 1.82) is 0 Å². The molecule has 7 nitrogen and oxygen atoms in total. The van der Waals surface area contributed by atoms with Crippen molar-refractivity contribution in [3.63, 3.8) is 0 Å². The van der Waals surface area contributed by atoms with Crippen LogP contribution in [0.4, 0.5) is 5.69 Å². The fourth-order valence-electron chi connectivity index (χ4n) is 1.52. The molecule has 0 bridgehead atoms. The lowest BCUT2D eigenvalue weighted by atomic mass is 10.2. The van der Waals surface area contributed by atoms with E-state index in [1.165, 1.54) is 0 Å². The summed E-state index contributed by atoms with van der Waals surface area (Å²) in [5, 5.41) is 35.2. The van der Waals surface area contributed by atoms with Crippen molar-refractivity contribution in [2.45, 2.75) is 12.2 Å². The maximum absolute atomic E-state index is 11.5. The van der Waals surface area contributed by atoms with Gasteiger partial charge in [-0.15, -0.1) is 5.11 Å². The molecule has 1 aliphatic heterocycles. The molecular weight excluding hydrogens is 252 g/mol. The highest BCUT2D eigenvalue weighted by atomic mass is 16.6. The van der Waals surface area contributed by atoms with Crippen LogP contribution in [0.15, 0.2) is 52.0 Å². The zero-order valence-corrected chi connectivity index (χ0v) is 9.80. The minimum Gasteiger partial charge on any atom is -0.506 e. The maximum Gasteiger partial charge on any atom is 0.363 e. The molecule has 1 heterocycles. The van der Waals surface area contributed by atoms with E-state index in [9.17, 15) is 15.0 Å². The summed E-state index contributed by atoms with van der Waals surface area (Å²) in [5.74, 6) is -1.43. The second-order valence-corrected chi connectivity index (χ2v) is 3.85. The second-order valence-electron chi connectivity index (χ2n) is 3.85. The van der Waals surface area contributed by atoms with Gasteiger partial charge in [-0.3, -0.25) is 0 Å². The van der Waals surface area contributed by atoms with Crippen LogP contribution in [0.3, 0.4) is 0 Å². The summed E-state index contributed by atoms with van der Waals surface area (Å²) in [4.78, 5) is 11.5. The van der Waals surface area contributed by atoms with E-state index >= 15 is 0 Å². The van der Waals surface area contributed by atoms with Crippen molar-refractivity contribution in [3.05, 3.63) is 41.8 Å². The lowest BCUT2D eigenvalue weighted by Gasteiger charge is -2.14. The molecule has 7 heteroatoms. The van der Waals surface area contributed by atoms with Gasteiger partial charge in [-0.2, -0.15) is 5.11 Å². The van der Waals surface area contributed by atoms with Gasteiger partial charge >= 0.3 is 5.97 Å². The van der Waals surface area contributed by atoms with Crippen molar-refractivity contribution in [3.8, 4) is 0 Å². The molecule has 19 heavy (non-hydrogen) atoms. The largest absolute Gasteiger partial charge is 0.506 e. The van der Waals surface area contributed by atoms with Crippen molar-refractivity contribution in [2.24, 2.45) is 10.2 Å². The third-order valence-electron chi connectivity index (χ3n) is 2.50. The topological polar surface area (TPSA) is 112 Å². The highest BCUT2D eigenvalue weighted by molar-refractivity contribution is 5.91. The van der Waals surface area contributed by atoms with Crippen LogP contribution in [0.1, 0.15) is 0 Å². The third-order valence-corrected chi connectivity index (χ3v) is 2.50. The molecule has 0 fully saturated rings. The summed E-state index contributed by atoms with van der Waals surface area (Å²) >= 11 is 0. The Hall–Kier alpha value is -2.25. The summed E-state index contributed by atoms with van der Waals surface area (Å²) in [6.07, 6.45) is -2.70. The lowest BCUT2D eigenvalue weighted by Crippen LogP contribution is -2.31. The molecule has 2 rings (SSSR count). The predicted molar refractivity (Wildman–Crippen MR) is 63.6 cm³/mol. The Morgan fingerprint density at radius 2 is 1.95 bits per heavy atom. The van der Waals surface area contributed by atoms with Gasteiger partial charge < -0.3 is 20.1 Å². The van der Waals surface area contributed by atoms with Crippen molar-refractivity contribution in [1.82, 2.24) is 0 Å². The number of rotatable bonds is 4. The predicted octanol–water partition coefficient (Wildman–Crippen LogP) is 0.819. The van der Waals surface area contributed by atoms with Crippen LogP contribution in [-0.4, -0.2) is 40.1 Å². The summed E-state index contributed by atoms with van der Waals surface area (Å²) in [6, 6.07) is 8.62. The third kappa shape index (κ3) is 2.78. The minimum absolute atomic E-state index is 0.374.